The van der Waals surface area contributed by atoms with E-state index in [1.807, 2.05) is 13.0 Å². The van der Waals surface area contributed by atoms with Gasteiger partial charge in [0.05, 0.1) is 0 Å². The summed E-state index contributed by atoms with van der Waals surface area (Å²) in [6.45, 7) is 12.6. The highest BCUT2D eigenvalue weighted by Gasteiger charge is 2.69. The van der Waals surface area contributed by atoms with Crippen molar-refractivity contribution in [2.45, 2.75) is 155 Å². The Hall–Kier alpha value is -2.53. The fourth-order valence-corrected chi connectivity index (χ4v) is 12.4. The zero-order chi connectivity index (χ0) is 36.9. The fraction of sp³-hybridized carbons (Fsp3) is 0.786. The summed E-state index contributed by atoms with van der Waals surface area (Å²) in [6, 6.07) is 10.6. The van der Waals surface area contributed by atoms with Gasteiger partial charge in [-0.25, -0.2) is 0 Å². The Morgan fingerprint density at radius 2 is 1.52 bits per heavy atom. The second kappa shape index (κ2) is 14.6. The van der Waals surface area contributed by atoms with Crippen LogP contribution in [0.15, 0.2) is 30.3 Å². The third-order valence-corrected chi connectivity index (χ3v) is 15.0. The van der Waals surface area contributed by atoms with Crippen LogP contribution in [0, 0.1) is 46.3 Å². The van der Waals surface area contributed by atoms with Gasteiger partial charge < -0.3 is 14.8 Å². The molecule has 1 aromatic rings. The Morgan fingerprint density at radius 1 is 0.846 bits per heavy atom. The molecule has 1 heterocycles. The molecular weight excluding hydrogens is 662 g/mol. The summed E-state index contributed by atoms with van der Waals surface area (Å²) in [4.78, 5) is 62.9. The Balaban J connectivity index is 1.09. The number of amides is 1. The Bertz CT molecular complexity index is 1450. The summed E-state index contributed by atoms with van der Waals surface area (Å²) in [5.41, 5.74) is 0.925. The number of carbonyl (C=O) groups is 3. The van der Waals surface area contributed by atoms with Gasteiger partial charge in [-0.15, -0.1) is 0 Å². The summed E-state index contributed by atoms with van der Waals surface area (Å²) in [5, 5.41) is 2.94. The molecule has 6 aliphatic rings. The summed E-state index contributed by atoms with van der Waals surface area (Å²) < 4.78 is 12.6. The summed E-state index contributed by atoms with van der Waals surface area (Å²) >= 11 is 0. The fourth-order valence-electron chi connectivity index (χ4n) is 12.4. The molecule has 0 aromatic heterocycles. The summed E-state index contributed by atoms with van der Waals surface area (Å²) in [5.74, 6) is -0.737. The van der Waals surface area contributed by atoms with Crippen LogP contribution in [-0.4, -0.2) is 48.2 Å². The number of esters is 2. The molecule has 1 N–H and O–H groups in total. The van der Waals surface area contributed by atoms with Crippen LogP contribution in [0.5, 0.6) is 0 Å². The van der Waals surface area contributed by atoms with Crippen molar-refractivity contribution in [2.24, 2.45) is 46.3 Å². The maximum Gasteiger partial charge on any atom is 0.302 e. The van der Waals surface area contributed by atoms with E-state index < -0.39 is 11.6 Å². The number of benzene rings is 1. The maximum atomic E-state index is 12.8. The first-order chi connectivity index (χ1) is 24.8. The number of carbonyl (C=O) groups excluding carboxylic acids is 3. The van der Waals surface area contributed by atoms with Crippen molar-refractivity contribution in [2.75, 3.05) is 6.54 Å². The number of hydrogen-bond acceptors (Lipinski definition) is 9. The van der Waals surface area contributed by atoms with Crippen LogP contribution in [-0.2, 0) is 43.4 Å². The predicted molar refractivity (Wildman–Crippen MR) is 192 cm³/mol. The van der Waals surface area contributed by atoms with Gasteiger partial charge in [0, 0.05) is 63.8 Å². The van der Waals surface area contributed by atoms with E-state index in [1.165, 1.54) is 19.4 Å². The van der Waals surface area contributed by atoms with Crippen LogP contribution >= 0.6 is 0 Å². The molecule has 10 nitrogen and oxygen atoms in total. The number of ether oxygens (including phenoxy) is 2. The lowest BCUT2D eigenvalue weighted by molar-refractivity contribution is -0.665. The highest BCUT2D eigenvalue weighted by molar-refractivity contribution is 5.75. The maximum absolute atomic E-state index is 12.8. The molecule has 288 valence electrons. The molecule has 10 heteroatoms. The van der Waals surface area contributed by atoms with Crippen molar-refractivity contribution < 1.29 is 43.4 Å². The molecular formula is C42H61NO9. The van der Waals surface area contributed by atoms with Gasteiger partial charge in [0.25, 0.3) is 0 Å². The monoisotopic (exact) mass is 723 g/mol. The molecule has 1 aromatic carbocycles. The van der Waals surface area contributed by atoms with Gasteiger partial charge in [-0.05, 0) is 105 Å². The minimum Gasteiger partial charge on any atom is -0.462 e. The smallest absolute Gasteiger partial charge is 0.302 e. The van der Waals surface area contributed by atoms with E-state index in [0.717, 1.165) is 44.9 Å². The standard InChI is InChI=1S/C42H61NO9/c1-7-43-37(46)16-13-26(2)32-14-15-33-38-34(24-36(40(32,33)6)48-28(4)45)39(5)21-22-42(25-31(39)23-35(38)47-27(3)44)51-49-41(50-52-42)19-17-30(18-20-41)29-11-9-8-10-12-29/h8-12,26,30-36,38H,7,13-25H2,1-6H3,(H,43,46)/t26?,30?,31-,32-,33?,34?,35+,36+,38?,39+,40-,41?,42?/m1/s1. The Labute approximate surface area is 309 Å². The van der Waals surface area contributed by atoms with Crippen LogP contribution in [0.25, 0.3) is 0 Å². The highest BCUT2D eigenvalue weighted by atomic mass is 17.4. The molecule has 6 fully saturated rings. The van der Waals surface area contributed by atoms with Gasteiger partial charge in [-0.1, -0.05) is 51.1 Å². The zero-order valence-electron chi connectivity index (χ0n) is 32.2. The first-order valence-corrected chi connectivity index (χ1v) is 20.2. The van der Waals surface area contributed by atoms with E-state index in [1.54, 1.807) is 0 Å². The molecule has 4 unspecified atom stereocenters. The molecule has 5 aliphatic carbocycles. The van der Waals surface area contributed by atoms with E-state index in [4.69, 9.17) is 29.0 Å². The summed E-state index contributed by atoms with van der Waals surface area (Å²) in [7, 11) is 0. The zero-order valence-corrected chi connectivity index (χ0v) is 32.2. The van der Waals surface area contributed by atoms with Gasteiger partial charge in [0.2, 0.25) is 17.5 Å². The van der Waals surface area contributed by atoms with Crippen molar-refractivity contribution in [3.05, 3.63) is 35.9 Å². The van der Waals surface area contributed by atoms with Crippen molar-refractivity contribution in [1.29, 1.82) is 0 Å². The molecule has 10 atom stereocenters. The van der Waals surface area contributed by atoms with Crippen LogP contribution < -0.4 is 5.32 Å². The summed E-state index contributed by atoms with van der Waals surface area (Å²) in [6.07, 6.45) is 9.37. The lowest BCUT2D eigenvalue weighted by Gasteiger charge is -2.65. The predicted octanol–water partition coefficient (Wildman–Crippen LogP) is 7.94. The topological polar surface area (TPSA) is 119 Å². The molecule has 52 heavy (non-hydrogen) atoms. The Kier molecular flexibility index (Phi) is 10.6. The second-order valence-electron chi connectivity index (χ2n) is 17.8. The minimum atomic E-state index is -1.03. The van der Waals surface area contributed by atoms with E-state index in [-0.39, 0.29) is 76.4 Å². The van der Waals surface area contributed by atoms with Gasteiger partial charge >= 0.3 is 11.9 Å². The van der Waals surface area contributed by atoms with E-state index in [0.29, 0.717) is 51.0 Å². The largest absolute Gasteiger partial charge is 0.462 e. The number of hydrogen-bond donors (Lipinski definition) is 1. The average molecular weight is 724 g/mol. The van der Waals surface area contributed by atoms with Crippen LogP contribution in [0.2, 0.25) is 0 Å². The lowest BCUT2D eigenvalue weighted by Crippen LogP contribution is -2.65. The third-order valence-electron chi connectivity index (χ3n) is 15.0. The van der Waals surface area contributed by atoms with Crippen LogP contribution in [0.1, 0.15) is 136 Å². The molecule has 0 bridgehead atoms. The quantitative estimate of drug-likeness (QED) is 0.211. The Morgan fingerprint density at radius 3 is 2.17 bits per heavy atom. The second-order valence-corrected chi connectivity index (χ2v) is 17.8. The number of rotatable bonds is 8. The van der Waals surface area contributed by atoms with Crippen molar-refractivity contribution in [3.63, 3.8) is 0 Å². The molecule has 1 amide bonds. The van der Waals surface area contributed by atoms with Crippen molar-refractivity contribution in [1.82, 2.24) is 5.32 Å². The highest BCUT2D eigenvalue weighted by Crippen LogP contribution is 2.70. The molecule has 7 rings (SSSR count). The van der Waals surface area contributed by atoms with Crippen molar-refractivity contribution in [3.8, 4) is 0 Å². The molecule has 1 saturated heterocycles. The van der Waals surface area contributed by atoms with Gasteiger partial charge in [-0.2, -0.15) is 19.6 Å². The number of fused-ring (bicyclic) bond motifs is 5. The van der Waals surface area contributed by atoms with Gasteiger partial charge in [-0.3, -0.25) is 14.4 Å². The van der Waals surface area contributed by atoms with Crippen LogP contribution in [0.3, 0.4) is 0 Å². The normalized spacial score (nSPS) is 43.1. The third kappa shape index (κ3) is 6.83. The average Bonchev–Trinajstić information content (AvgIpc) is 3.48. The number of nitrogens with one attached hydrogen (secondary N) is 1. The van der Waals surface area contributed by atoms with Gasteiger partial charge in [0.1, 0.15) is 12.2 Å². The first kappa shape index (κ1) is 37.8. The van der Waals surface area contributed by atoms with E-state index in [9.17, 15) is 14.4 Å². The SMILES string of the molecule is CCNC(=O)CCC(C)[C@H]1CCC2C3C(C[C@H](OC(C)=O)[C@@]21C)[C@@]1(C)CCC2(C[C@H]1C[C@@H]3OC(C)=O)OOC1(CCC(c3ccccc3)CC1)OO2. The van der Waals surface area contributed by atoms with E-state index >= 15 is 0 Å². The molecule has 0 radical (unpaired) electrons. The van der Waals surface area contributed by atoms with E-state index in [2.05, 4.69) is 50.4 Å². The lowest BCUT2D eigenvalue weighted by atomic mass is 9.42. The van der Waals surface area contributed by atoms with Gasteiger partial charge in [0.15, 0.2) is 0 Å². The molecule has 1 aliphatic heterocycles. The minimum absolute atomic E-state index is 0.0814. The van der Waals surface area contributed by atoms with Crippen molar-refractivity contribution >= 4 is 17.8 Å². The van der Waals surface area contributed by atoms with Crippen LogP contribution in [0.4, 0.5) is 0 Å². The first-order valence-electron chi connectivity index (χ1n) is 20.2. The molecule has 2 spiro atoms. The molecule has 5 saturated carbocycles.